The van der Waals surface area contributed by atoms with Gasteiger partial charge in [0, 0.05) is 94.7 Å². The van der Waals surface area contributed by atoms with E-state index < -0.39 is 0 Å². The summed E-state index contributed by atoms with van der Waals surface area (Å²) >= 11 is 15.2. The normalized spacial score (nSPS) is 13.5. The molecule has 4 aromatic heterocycles. The Kier molecular flexibility index (Phi) is 15.2. The first-order valence-corrected chi connectivity index (χ1v) is 28.5. The molecule has 0 N–H and O–H groups in total. The summed E-state index contributed by atoms with van der Waals surface area (Å²) in [5.74, 6) is -0.612. The van der Waals surface area contributed by atoms with E-state index >= 15 is 0 Å². The van der Waals surface area contributed by atoms with Crippen molar-refractivity contribution in [3.8, 4) is 22.7 Å². The zero-order chi connectivity index (χ0) is 55.8. The Balaban J connectivity index is 0.000000141. The van der Waals surface area contributed by atoms with Crippen LogP contribution in [0.3, 0.4) is 0 Å². The zero-order valence-corrected chi connectivity index (χ0v) is 51.0. The molecule has 397 valence electrons. The van der Waals surface area contributed by atoms with Crippen LogP contribution in [0.15, 0.2) is 181 Å². The standard InChI is InChI=1S/C28H22Br2N2.C25H18Br2N2O2.C11H10O2.CO2.B/c1-27(2)17-13-22-18(14-21(17)31-19-11-7-5-9-15(19)23(29)25(27)31)28(3,4)26-24(30)16-10-6-8-12-20(16)32(22)26;1-15-22(26)18-7-3-5-9-20(18)28(15)16-11-13-17(14-12-16)29-21-10-6-4-8-19(21)23(27)24(29)25(30)31-2;1-13-11(12)10-6-8-4-2-3-5-9(8)7-10;2-1-3;/h5-14H,1-4H3;3-14H,1-2H3;2-6H,7H2,1H3;;. The minimum Gasteiger partial charge on any atom is -0.466 e. The number of carbonyl (C=O) groups excluding carboxylic acids is 4. The number of hydrogen-bond donors (Lipinski definition) is 0. The fourth-order valence-electron chi connectivity index (χ4n) is 11.9. The lowest BCUT2D eigenvalue weighted by atomic mass is 9.79. The number of hydrogen-bond acceptors (Lipinski definition) is 6. The quantitative estimate of drug-likeness (QED) is 0.128. The summed E-state index contributed by atoms with van der Waals surface area (Å²) in [6.45, 7) is 11.5. The van der Waals surface area contributed by atoms with Crippen molar-refractivity contribution in [3.63, 3.8) is 0 Å². The van der Waals surface area contributed by atoms with Crippen molar-refractivity contribution in [3.05, 3.63) is 226 Å². The molecule has 7 aromatic carbocycles. The summed E-state index contributed by atoms with van der Waals surface area (Å²) < 4.78 is 23.1. The molecule has 10 nitrogen and oxygen atoms in total. The van der Waals surface area contributed by atoms with Crippen LogP contribution in [0, 0.1) is 6.92 Å². The second-order valence-corrected chi connectivity index (χ2v) is 23.7. The highest BCUT2D eigenvalue weighted by Crippen LogP contribution is 2.56. The summed E-state index contributed by atoms with van der Waals surface area (Å²) in [5, 5.41) is 4.70. The summed E-state index contributed by atoms with van der Waals surface area (Å²) in [7, 11) is 2.81. The van der Waals surface area contributed by atoms with Crippen molar-refractivity contribution in [1.82, 2.24) is 18.3 Å². The van der Waals surface area contributed by atoms with E-state index in [4.69, 9.17) is 14.3 Å². The maximum Gasteiger partial charge on any atom is 0.373 e. The Bertz CT molecular complexity index is 4280. The topological polar surface area (TPSA) is 106 Å². The van der Waals surface area contributed by atoms with Crippen LogP contribution in [0.5, 0.6) is 0 Å². The zero-order valence-electron chi connectivity index (χ0n) is 44.6. The number of halogens is 4. The first-order valence-electron chi connectivity index (χ1n) is 25.4. The van der Waals surface area contributed by atoms with E-state index in [-0.39, 0.29) is 37.3 Å². The third-order valence-electron chi connectivity index (χ3n) is 15.6. The summed E-state index contributed by atoms with van der Waals surface area (Å²) in [6.07, 6.45) is 2.84. The molecule has 0 unspecified atom stereocenters. The van der Waals surface area contributed by atoms with Gasteiger partial charge in [-0.2, -0.15) is 9.59 Å². The van der Waals surface area contributed by atoms with E-state index in [1.807, 2.05) is 83.4 Å². The van der Waals surface area contributed by atoms with Gasteiger partial charge in [-0.25, -0.2) is 9.59 Å². The van der Waals surface area contributed by atoms with Crippen molar-refractivity contribution < 1.29 is 28.7 Å². The van der Waals surface area contributed by atoms with Crippen LogP contribution in [-0.4, -0.2) is 59.0 Å². The maximum atomic E-state index is 12.6. The molecule has 0 saturated heterocycles. The predicted octanol–water partition coefficient (Wildman–Crippen LogP) is 16.4. The molecule has 6 heterocycles. The van der Waals surface area contributed by atoms with Gasteiger partial charge in [0.25, 0.3) is 0 Å². The van der Waals surface area contributed by atoms with Crippen molar-refractivity contribution in [2.75, 3.05) is 14.2 Å². The maximum absolute atomic E-state index is 12.6. The monoisotopic (exact) mass is 1310 g/mol. The number of para-hydroxylation sites is 4. The number of carbonyl (C=O) groups is 2. The van der Waals surface area contributed by atoms with Crippen molar-refractivity contribution in [1.29, 1.82) is 0 Å². The number of methoxy groups -OCH3 is 2. The van der Waals surface area contributed by atoms with Gasteiger partial charge in [0.15, 0.2) is 0 Å². The molecule has 14 rings (SSSR count). The molecule has 0 fully saturated rings. The minimum absolute atomic E-state index is 0. The van der Waals surface area contributed by atoms with Gasteiger partial charge < -0.3 is 27.7 Å². The van der Waals surface area contributed by atoms with Crippen LogP contribution >= 0.6 is 63.7 Å². The van der Waals surface area contributed by atoms with Gasteiger partial charge in [0.05, 0.1) is 52.1 Å². The van der Waals surface area contributed by atoms with Gasteiger partial charge in [-0.1, -0.05) is 125 Å². The second kappa shape index (κ2) is 21.7. The number of fused-ring (bicyclic) bond motifs is 13. The molecule has 3 radical (unpaired) electrons. The van der Waals surface area contributed by atoms with Crippen LogP contribution < -0.4 is 0 Å². The Morgan fingerprint density at radius 2 is 0.875 bits per heavy atom. The first-order chi connectivity index (χ1) is 38.0. The number of rotatable bonds is 4. The van der Waals surface area contributed by atoms with Crippen LogP contribution in [0.2, 0.25) is 0 Å². The number of esters is 2. The van der Waals surface area contributed by atoms with E-state index in [0.717, 1.165) is 53.6 Å². The van der Waals surface area contributed by atoms with Gasteiger partial charge in [-0.3, -0.25) is 0 Å². The number of benzene rings is 7. The van der Waals surface area contributed by atoms with Crippen LogP contribution in [-0.2, 0) is 41.1 Å². The molecule has 0 spiro atoms. The molecule has 0 amide bonds. The molecule has 80 heavy (non-hydrogen) atoms. The Morgan fingerprint density at radius 1 is 0.500 bits per heavy atom. The molecule has 0 bridgehead atoms. The summed E-state index contributed by atoms with van der Waals surface area (Å²) in [6, 6.07) is 54.8. The minimum atomic E-state index is -0.386. The van der Waals surface area contributed by atoms with E-state index in [0.29, 0.717) is 12.1 Å². The molecule has 0 atom stereocenters. The summed E-state index contributed by atoms with van der Waals surface area (Å²) in [5.41, 5.74) is 19.1. The molecular formula is C65H50BBr4N4O6. The lowest BCUT2D eigenvalue weighted by Crippen LogP contribution is -2.17. The fourth-order valence-corrected chi connectivity index (χ4v) is 15.1. The first kappa shape index (κ1) is 56.0. The fraction of sp³-hybridized carbons (Fsp3) is 0.154. The van der Waals surface area contributed by atoms with Gasteiger partial charge in [-0.15, -0.1) is 0 Å². The third-order valence-corrected chi connectivity index (χ3v) is 19.0. The number of ether oxygens (including phenoxy) is 2. The summed E-state index contributed by atoms with van der Waals surface area (Å²) in [4.78, 5) is 40.0. The molecule has 1 aliphatic carbocycles. The van der Waals surface area contributed by atoms with Gasteiger partial charge in [0.2, 0.25) is 0 Å². The number of aromatic nitrogens is 4. The van der Waals surface area contributed by atoms with Crippen LogP contribution in [0.4, 0.5) is 0 Å². The molecule has 11 aromatic rings. The Hall–Kier alpha value is -7.26. The van der Waals surface area contributed by atoms with E-state index in [9.17, 15) is 9.59 Å². The Labute approximate surface area is 498 Å². The van der Waals surface area contributed by atoms with Crippen molar-refractivity contribution in [2.24, 2.45) is 0 Å². The molecule has 0 saturated carbocycles. The lowest BCUT2D eigenvalue weighted by Gasteiger charge is -2.23. The molecule has 3 aliphatic rings. The van der Waals surface area contributed by atoms with E-state index in [2.05, 4.69) is 202 Å². The van der Waals surface area contributed by atoms with Crippen LogP contribution in [0.25, 0.3) is 72.4 Å². The second-order valence-electron chi connectivity index (χ2n) is 20.6. The number of nitrogens with zero attached hydrogens (tertiary/aromatic N) is 4. The van der Waals surface area contributed by atoms with E-state index in [1.54, 1.807) is 0 Å². The average molecular weight is 1310 g/mol. The Morgan fingerprint density at radius 3 is 1.32 bits per heavy atom. The third kappa shape index (κ3) is 8.80. The molecule has 15 heteroatoms. The van der Waals surface area contributed by atoms with Gasteiger partial charge in [-0.05, 0) is 160 Å². The predicted molar refractivity (Wildman–Crippen MR) is 332 cm³/mol. The highest BCUT2D eigenvalue weighted by Gasteiger charge is 2.45. The largest absolute Gasteiger partial charge is 0.466 e. The van der Waals surface area contributed by atoms with Crippen LogP contribution in [0.1, 0.15) is 77.5 Å². The molecular weight excluding hydrogens is 1260 g/mol. The van der Waals surface area contributed by atoms with Crippen molar-refractivity contribution in [2.45, 2.75) is 51.9 Å². The highest BCUT2D eigenvalue weighted by atomic mass is 79.9. The lowest BCUT2D eigenvalue weighted by molar-refractivity contribution is -0.191. The van der Waals surface area contributed by atoms with E-state index in [1.165, 1.54) is 89.8 Å². The van der Waals surface area contributed by atoms with Gasteiger partial charge >= 0.3 is 18.1 Å². The van der Waals surface area contributed by atoms with Gasteiger partial charge in [0.1, 0.15) is 5.69 Å². The highest BCUT2D eigenvalue weighted by molar-refractivity contribution is 9.11. The SMILES string of the molecule is CC1(C)c2cc3c(cc2-n2c1c(Br)c1ccccc12)C(C)(C)c1c(Br)c2ccccc2n1-3.COC(=O)C1=Cc2ccccc2C1.COC(=O)c1c(Br)c2ccccc2n1-c1ccc(-n2c(C)c(Br)c3ccccc32)cc1.O=C=O.[B]. The molecule has 2 aliphatic heterocycles. The van der Waals surface area contributed by atoms with Crippen molar-refractivity contribution >= 4 is 140 Å². The average Bonchev–Trinajstić information content (AvgIpc) is 4.44. The smallest absolute Gasteiger partial charge is 0.373 e.